The number of carbonyl (C=O) groups excluding carboxylic acids is 2. The number of hydrogen-bond acceptors (Lipinski definition) is 6. The highest BCUT2D eigenvalue weighted by Gasteiger charge is 2.39. The van der Waals surface area contributed by atoms with Crippen LogP contribution in [0.5, 0.6) is 0 Å². The van der Waals surface area contributed by atoms with E-state index in [2.05, 4.69) is 33.7 Å². The summed E-state index contributed by atoms with van der Waals surface area (Å²) < 4.78 is 7.71. The van der Waals surface area contributed by atoms with Gasteiger partial charge in [-0.3, -0.25) is 19.6 Å². The average Bonchev–Trinajstić information content (AvgIpc) is 3.02. The third-order valence-electron chi connectivity index (χ3n) is 6.62. The normalized spacial score (nSPS) is 27.1. The van der Waals surface area contributed by atoms with Crippen LogP contribution in [0.3, 0.4) is 0 Å². The number of ether oxygens (including phenoxy) is 1. The molecular formula is C21H28ClN5O3. The quantitative estimate of drug-likeness (QED) is 0.713. The number of benzene rings is 1. The SMILES string of the molecule is CNC1CC2COCC(C1)N2c1ccc2c(C3CC(=O)NC(=O)C3)nn(C)c2c1.Cl. The summed E-state index contributed by atoms with van der Waals surface area (Å²) in [6, 6.07) is 7.72. The first-order valence-electron chi connectivity index (χ1n) is 10.4. The lowest BCUT2D eigenvalue weighted by molar-refractivity contribution is -0.133. The van der Waals surface area contributed by atoms with Gasteiger partial charge in [0, 0.05) is 42.9 Å². The lowest BCUT2D eigenvalue weighted by Crippen LogP contribution is -2.60. The van der Waals surface area contributed by atoms with Crippen molar-refractivity contribution in [1.82, 2.24) is 20.4 Å². The Morgan fingerprint density at radius 2 is 1.80 bits per heavy atom. The minimum atomic E-state index is -0.220. The van der Waals surface area contributed by atoms with Crippen LogP contribution in [0.2, 0.25) is 0 Å². The molecule has 162 valence electrons. The van der Waals surface area contributed by atoms with E-state index in [0.717, 1.165) is 42.7 Å². The largest absolute Gasteiger partial charge is 0.377 e. The van der Waals surface area contributed by atoms with E-state index in [1.54, 1.807) is 0 Å². The molecule has 1 aromatic carbocycles. The number of nitrogens with zero attached hydrogens (tertiary/aromatic N) is 3. The van der Waals surface area contributed by atoms with Crippen molar-refractivity contribution in [2.24, 2.45) is 7.05 Å². The number of aromatic nitrogens is 2. The van der Waals surface area contributed by atoms with Crippen LogP contribution in [0, 0.1) is 0 Å². The summed E-state index contributed by atoms with van der Waals surface area (Å²) in [4.78, 5) is 26.2. The number of carbonyl (C=O) groups is 2. The second-order valence-electron chi connectivity index (χ2n) is 8.50. The number of fused-ring (bicyclic) bond motifs is 3. The number of hydrogen-bond donors (Lipinski definition) is 2. The van der Waals surface area contributed by atoms with Crippen molar-refractivity contribution < 1.29 is 14.3 Å². The van der Waals surface area contributed by atoms with Gasteiger partial charge in [-0.25, -0.2) is 0 Å². The van der Waals surface area contributed by atoms with Crippen molar-refractivity contribution in [2.45, 2.75) is 49.7 Å². The Kier molecular flexibility index (Phi) is 5.74. The van der Waals surface area contributed by atoms with E-state index >= 15 is 0 Å². The zero-order valence-electron chi connectivity index (χ0n) is 17.3. The van der Waals surface area contributed by atoms with Crippen molar-refractivity contribution in [1.29, 1.82) is 0 Å². The van der Waals surface area contributed by atoms with E-state index in [4.69, 9.17) is 9.84 Å². The fourth-order valence-electron chi connectivity index (χ4n) is 5.28. The Morgan fingerprint density at radius 1 is 1.13 bits per heavy atom. The van der Waals surface area contributed by atoms with Crippen LogP contribution in [-0.2, 0) is 21.4 Å². The summed E-state index contributed by atoms with van der Waals surface area (Å²) in [6.45, 7) is 1.51. The van der Waals surface area contributed by atoms with Crippen LogP contribution in [0.25, 0.3) is 10.9 Å². The van der Waals surface area contributed by atoms with Crippen molar-refractivity contribution in [3.8, 4) is 0 Å². The molecule has 3 fully saturated rings. The number of halogens is 1. The van der Waals surface area contributed by atoms with Crippen LogP contribution in [0.1, 0.15) is 37.3 Å². The molecule has 2 unspecified atom stereocenters. The van der Waals surface area contributed by atoms with Gasteiger partial charge in [-0.15, -0.1) is 12.4 Å². The molecule has 0 radical (unpaired) electrons. The number of anilines is 1. The van der Waals surface area contributed by atoms with Gasteiger partial charge in [-0.2, -0.15) is 5.10 Å². The topological polar surface area (TPSA) is 88.5 Å². The third-order valence-corrected chi connectivity index (χ3v) is 6.62. The molecule has 0 spiro atoms. The Labute approximate surface area is 181 Å². The maximum Gasteiger partial charge on any atom is 0.227 e. The van der Waals surface area contributed by atoms with Gasteiger partial charge in [-0.05, 0) is 38.1 Å². The maximum absolute atomic E-state index is 11.8. The van der Waals surface area contributed by atoms with E-state index in [9.17, 15) is 9.59 Å². The molecule has 2 aromatic rings. The van der Waals surface area contributed by atoms with Crippen LogP contribution in [0.15, 0.2) is 18.2 Å². The summed E-state index contributed by atoms with van der Waals surface area (Å²) in [6.07, 6.45) is 2.75. The second-order valence-corrected chi connectivity index (χ2v) is 8.50. The van der Waals surface area contributed by atoms with E-state index in [-0.39, 0.29) is 30.1 Å². The standard InChI is InChI=1S/C21H27N5O3.ClH/c1-22-13-7-15-10-29-11-16(8-13)26(15)14-3-4-17-18(9-14)25(2)24-21(17)12-5-19(27)23-20(28)6-12;/h3-4,9,12-13,15-16,22H,5-8,10-11H2,1-2H3,(H,23,27,28);1H. The number of aryl methyl sites for hydroxylation is 1. The number of imide groups is 1. The summed E-state index contributed by atoms with van der Waals surface area (Å²) in [5, 5.41) is 11.5. The molecule has 2 bridgehead atoms. The van der Waals surface area contributed by atoms with Gasteiger partial charge in [-0.1, -0.05) is 0 Å². The predicted octanol–water partition coefficient (Wildman–Crippen LogP) is 1.47. The average molecular weight is 434 g/mol. The lowest BCUT2D eigenvalue weighted by atomic mass is 9.89. The molecule has 4 heterocycles. The first-order chi connectivity index (χ1) is 14.0. The molecule has 2 N–H and O–H groups in total. The van der Waals surface area contributed by atoms with Crippen molar-refractivity contribution in [2.75, 3.05) is 25.2 Å². The van der Waals surface area contributed by atoms with Gasteiger partial charge in [0.05, 0.1) is 36.5 Å². The number of nitrogens with one attached hydrogen (secondary N) is 2. The number of rotatable bonds is 3. The summed E-state index contributed by atoms with van der Waals surface area (Å²) in [5.41, 5.74) is 3.07. The molecule has 2 atom stereocenters. The minimum absolute atomic E-state index is 0. The molecule has 30 heavy (non-hydrogen) atoms. The Balaban J connectivity index is 0.00000218. The molecular weight excluding hydrogens is 406 g/mol. The van der Waals surface area contributed by atoms with E-state index in [0.29, 0.717) is 31.0 Å². The maximum atomic E-state index is 11.8. The fraction of sp³-hybridized carbons (Fsp3) is 0.571. The molecule has 3 saturated heterocycles. The Hall–Kier alpha value is -2.16. The summed E-state index contributed by atoms with van der Waals surface area (Å²) in [7, 11) is 3.97. The van der Waals surface area contributed by atoms with Crippen LogP contribution in [-0.4, -0.2) is 60.0 Å². The highest BCUT2D eigenvalue weighted by Crippen LogP contribution is 2.37. The van der Waals surface area contributed by atoms with Gasteiger partial charge in [0.2, 0.25) is 11.8 Å². The molecule has 2 amide bonds. The lowest BCUT2D eigenvalue weighted by Gasteiger charge is -2.49. The molecule has 0 aliphatic carbocycles. The molecule has 9 heteroatoms. The van der Waals surface area contributed by atoms with E-state index in [1.807, 2.05) is 18.8 Å². The van der Waals surface area contributed by atoms with Gasteiger partial charge < -0.3 is 15.0 Å². The number of morpholine rings is 1. The zero-order valence-corrected chi connectivity index (χ0v) is 18.1. The molecule has 8 nitrogen and oxygen atoms in total. The second kappa shape index (κ2) is 8.17. The molecule has 3 aliphatic heterocycles. The van der Waals surface area contributed by atoms with E-state index < -0.39 is 0 Å². The smallest absolute Gasteiger partial charge is 0.227 e. The van der Waals surface area contributed by atoms with Crippen LogP contribution < -0.4 is 15.5 Å². The highest BCUT2D eigenvalue weighted by molar-refractivity contribution is 5.99. The van der Waals surface area contributed by atoms with Crippen LogP contribution >= 0.6 is 12.4 Å². The summed E-state index contributed by atoms with van der Waals surface area (Å²) >= 11 is 0. The molecule has 5 rings (SSSR count). The minimum Gasteiger partial charge on any atom is -0.377 e. The first kappa shape index (κ1) is 21.1. The van der Waals surface area contributed by atoms with E-state index in [1.165, 1.54) is 5.69 Å². The van der Waals surface area contributed by atoms with Crippen molar-refractivity contribution in [3.05, 3.63) is 23.9 Å². The van der Waals surface area contributed by atoms with Gasteiger partial charge in [0.15, 0.2) is 0 Å². The summed E-state index contributed by atoms with van der Waals surface area (Å²) in [5.74, 6) is -0.603. The fourth-order valence-corrected chi connectivity index (χ4v) is 5.28. The molecule has 3 aliphatic rings. The van der Waals surface area contributed by atoms with Gasteiger partial charge >= 0.3 is 0 Å². The Morgan fingerprint density at radius 3 is 2.43 bits per heavy atom. The van der Waals surface area contributed by atoms with Gasteiger partial charge in [0.25, 0.3) is 0 Å². The first-order valence-corrected chi connectivity index (χ1v) is 10.4. The van der Waals surface area contributed by atoms with Crippen molar-refractivity contribution >= 4 is 40.8 Å². The number of amides is 2. The number of piperidine rings is 2. The predicted molar refractivity (Wildman–Crippen MR) is 116 cm³/mol. The Bertz CT molecular complexity index is 947. The molecule has 1 aromatic heterocycles. The zero-order chi connectivity index (χ0) is 20.1. The van der Waals surface area contributed by atoms with Crippen molar-refractivity contribution in [3.63, 3.8) is 0 Å². The highest BCUT2D eigenvalue weighted by atomic mass is 35.5. The van der Waals surface area contributed by atoms with Crippen LogP contribution in [0.4, 0.5) is 5.69 Å². The van der Waals surface area contributed by atoms with Gasteiger partial charge in [0.1, 0.15) is 0 Å². The third kappa shape index (κ3) is 3.57. The molecule has 0 saturated carbocycles. The monoisotopic (exact) mass is 433 g/mol.